The van der Waals surface area contributed by atoms with E-state index in [1.807, 2.05) is 20.8 Å². The van der Waals surface area contributed by atoms with E-state index in [0.717, 1.165) is 22.4 Å². The molecule has 3 nitrogen and oxygen atoms in total. The van der Waals surface area contributed by atoms with Crippen molar-refractivity contribution in [2.24, 2.45) is 5.41 Å². The summed E-state index contributed by atoms with van der Waals surface area (Å²) >= 11 is 0. The van der Waals surface area contributed by atoms with Crippen LogP contribution < -0.4 is 4.74 Å². The molecule has 0 N–H and O–H groups in total. The molecule has 1 rings (SSSR count). The van der Waals surface area contributed by atoms with Crippen LogP contribution in [0.15, 0.2) is 6.07 Å². The molecule has 106 valence electrons. The van der Waals surface area contributed by atoms with E-state index < -0.39 is 5.41 Å². The predicted octanol–water partition coefficient (Wildman–Crippen LogP) is 3.36. The van der Waals surface area contributed by atoms with Crippen LogP contribution in [0.25, 0.3) is 0 Å². The first-order chi connectivity index (χ1) is 8.74. The van der Waals surface area contributed by atoms with Crippen molar-refractivity contribution in [1.29, 1.82) is 0 Å². The second-order valence-corrected chi connectivity index (χ2v) is 5.70. The van der Waals surface area contributed by atoms with Gasteiger partial charge in [0.2, 0.25) is 0 Å². The Bertz CT molecular complexity index is 487. The predicted molar refractivity (Wildman–Crippen MR) is 76.7 cm³/mol. The molecular weight excluding hydrogens is 240 g/mol. The highest BCUT2D eigenvalue weighted by Gasteiger charge is 2.31. The third-order valence-electron chi connectivity index (χ3n) is 3.68. The van der Waals surface area contributed by atoms with Gasteiger partial charge >= 0.3 is 5.97 Å². The molecule has 0 unspecified atom stereocenters. The molecule has 0 fully saturated rings. The Morgan fingerprint density at radius 2 is 1.74 bits per heavy atom. The average molecular weight is 264 g/mol. The molecule has 0 aromatic heterocycles. The van der Waals surface area contributed by atoms with Crippen LogP contribution in [-0.4, -0.2) is 20.2 Å². The lowest BCUT2D eigenvalue weighted by Crippen LogP contribution is -2.28. The Kier molecular flexibility index (Phi) is 4.61. The summed E-state index contributed by atoms with van der Waals surface area (Å²) in [5.41, 5.74) is 4.00. The fraction of sp³-hybridized carbons (Fsp3) is 0.562. The van der Waals surface area contributed by atoms with Gasteiger partial charge in [0.25, 0.3) is 0 Å². The smallest absolute Gasteiger partial charge is 0.311 e. The fourth-order valence-electron chi connectivity index (χ4n) is 2.39. The zero-order valence-electron chi connectivity index (χ0n) is 13.0. The van der Waals surface area contributed by atoms with Crippen LogP contribution >= 0.6 is 0 Å². The van der Waals surface area contributed by atoms with E-state index in [4.69, 9.17) is 9.47 Å². The zero-order valence-corrected chi connectivity index (χ0v) is 13.0. The summed E-state index contributed by atoms with van der Waals surface area (Å²) in [6.07, 6.45) is 0.607. The van der Waals surface area contributed by atoms with E-state index in [-0.39, 0.29) is 5.97 Å². The second-order valence-electron chi connectivity index (χ2n) is 5.70. The van der Waals surface area contributed by atoms with E-state index in [0.29, 0.717) is 6.42 Å². The van der Waals surface area contributed by atoms with Crippen LogP contribution in [0.5, 0.6) is 5.75 Å². The summed E-state index contributed by atoms with van der Waals surface area (Å²) in [5.74, 6) is 0.682. The Morgan fingerprint density at radius 3 is 2.21 bits per heavy atom. The van der Waals surface area contributed by atoms with Crippen LogP contribution in [0, 0.1) is 26.2 Å². The maximum Gasteiger partial charge on any atom is 0.311 e. The van der Waals surface area contributed by atoms with Gasteiger partial charge in [-0.1, -0.05) is 6.07 Å². The van der Waals surface area contributed by atoms with Gasteiger partial charge in [-0.05, 0) is 63.3 Å². The van der Waals surface area contributed by atoms with Crippen molar-refractivity contribution >= 4 is 5.97 Å². The molecule has 1 aromatic rings. The van der Waals surface area contributed by atoms with Gasteiger partial charge in [-0.3, -0.25) is 4.79 Å². The Morgan fingerprint density at radius 1 is 1.16 bits per heavy atom. The zero-order chi connectivity index (χ0) is 14.8. The fourth-order valence-corrected chi connectivity index (χ4v) is 2.39. The van der Waals surface area contributed by atoms with Crippen molar-refractivity contribution in [1.82, 2.24) is 0 Å². The van der Waals surface area contributed by atoms with Crippen LogP contribution in [0.4, 0.5) is 0 Å². The molecule has 0 amide bonds. The molecule has 0 atom stereocenters. The molecule has 3 heteroatoms. The Labute approximate surface area is 115 Å². The lowest BCUT2D eigenvalue weighted by molar-refractivity contribution is -0.150. The SMILES string of the molecule is COC(=O)C(C)(C)Cc1c(C)cc(C)c(C)c1OC. The van der Waals surface area contributed by atoms with Crippen molar-refractivity contribution in [2.45, 2.75) is 41.0 Å². The number of aryl methyl sites for hydroxylation is 2. The number of benzene rings is 1. The molecule has 0 saturated heterocycles. The van der Waals surface area contributed by atoms with Gasteiger partial charge in [-0.2, -0.15) is 0 Å². The van der Waals surface area contributed by atoms with Crippen LogP contribution in [0.1, 0.15) is 36.1 Å². The Balaban J connectivity index is 3.28. The minimum absolute atomic E-state index is 0.202. The lowest BCUT2D eigenvalue weighted by Gasteiger charge is -2.25. The van der Waals surface area contributed by atoms with Crippen LogP contribution in [0.3, 0.4) is 0 Å². The van der Waals surface area contributed by atoms with E-state index in [9.17, 15) is 4.79 Å². The largest absolute Gasteiger partial charge is 0.496 e. The number of ether oxygens (including phenoxy) is 2. The molecule has 0 aliphatic heterocycles. The molecule has 0 spiro atoms. The average Bonchev–Trinajstić information content (AvgIpc) is 2.35. The van der Waals surface area contributed by atoms with E-state index in [1.54, 1.807) is 7.11 Å². The van der Waals surface area contributed by atoms with Crippen LogP contribution in [0.2, 0.25) is 0 Å². The van der Waals surface area contributed by atoms with Crippen molar-refractivity contribution in [2.75, 3.05) is 14.2 Å². The molecular formula is C16H24O3. The molecule has 0 radical (unpaired) electrons. The number of carbonyl (C=O) groups excluding carboxylic acids is 1. The molecule has 0 aliphatic rings. The highest BCUT2D eigenvalue weighted by atomic mass is 16.5. The van der Waals surface area contributed by atoms with E-state index in [2.05, 4.69) is 19.9 Å². The van der Waals surface area contributed by atoms with E-state index >= 15 is 0 Å². The summed E-state index contributed by atoms with van der Waals surface area (Å²) in [6.45, 7) is 9.96. The van der Waals surface area contributed by atoms with Gasteiger partial charge in [0.15, 0.2) is 0 Å². The van der Waals surface area contributed by atoms with Crippen LogP contribution in [-0.2, 0) is 16.0 Å². The number of hydrogen-bond donors (Lipinski definition) is 0. The maximum absolute atomic E-state index is 11.8. The number of rotatable bonds is 4. The number of methoxy groups -OCH3 is 2. The van der Waals surface area contributed by atoms with Crippen molar-refractivity contribution in [3.63, 3.8) is 0 Å². The molecule has 0 heterocycles. The van der Waals surface area contributed by atoms with Crippen molar-refractivity contribution < 1.29 is 14.3 Å². The third-order valence-corrected chi connectivity index (χ3v) is 3.68. The normalized spacial score (nSPS) is 11.3. The summed E-state index contributed by atoms with van der Waals surface area (Å²) in [4.78, 5) is 11.8. The number of hydrogen-bond acceptors (Lipinski definition) is 3. The quantitative estimate of drug-likeness (QED) is 0.782. The van der Waals surface area contributed by atoms with Gasteiger partial charge < -0.3 is 9.47 Å². The summed E-state index contributed by atoms with van der Waals surface area (Å²) in [7, 11) is 3.10. The minimum Gasteiger partial charge on any atom is -0.496 e. The molecule has 1 aromatic carbocycles. The van der Waals surface area contributed by atoms with Gasteiger partial charge in [0.05, 0.1) is 19.6 Å². The second kappa shape index (κ2) is 5.64. The number of esters is 1. The minimum atomic E-state index is -0.561. The summed E-state index contributed by atoms with van der Waals surface area (Å²) < 4.78 is 10.4. The van der Waals surface area contributed by atoms with E-state index in [1.165, 1.54) is 12.7 Å². The number of carbonyl (C=O) groups is 1. The molecule has 19 heavy (non-hydrogen) atoms. The first-order valence-corrected chi connectivity index (χ1v) is 6.46. The summed E-state index contributed by atoms with van der Waals surface area (Å²) in [5, 5.41) is 0. The molecule has 0 saturated carbocycles. The molecule has 0 bridgehead atoms. The van der Waals surface area contributed by atoms with Gasteiger partial charge in [-0.25, -0.2) is 0 Å². The maximum atomic E-state index is 11.8. The van der Waals surface area contributed by atoms with Crippen molar-refractivity contribution in [3.05, 3.63) is 28.3 Å². The standard InChI is InChI=1S/C16H24O3/c1-10-8-11(2)13(14(18-6)12(10)3)9-16(4,5)15(17)19-7/h8H,9H2,1-7H3. The molecule has 0 aliphatic carbocycles. The highest BCUT2D eigenvalue weighted by Crippen LogP contribution is 2.35. The first-order valence-electron chi connectivity index (χ1n) is 6.46. The lowest BCUT2D eigenvalue weighted by atomic mass is 9.82. The monoisotopic (exact) mass is 264 g/mol. The van der Waals surface area contributed by atoms with Gasteiger partial charge in [0.1, 0.15) is 5.75 Å². The highest BCUT2D eigenvalue weighted by molar-refractivity contribution is 5.76. The van der Waals surface area contributed by atoms with Gasteiger partial charge in [-0.15, -0.1) is 0 Å². The third kappa shape index (κ3) is 3.09. The van der Waals surface area contributed by atoms with Gasteiger partial charge in [0, 0.05) is 0 Å². The Hall–Kier alpha value is -1.51. The summed E-state index contributed by atoms with van der Waals surface area (Å²) in [6, 6.07) is 2.14. The first kappa shape index (κ1) is 15.5. The van der Waals surface area contributed by atoms with Crippen molar-refractivity contribution in [3.8, 4) is 5.75 Å². The topological polar surface area (TPSA) is 35.5 Å².